The van der Waals surface area contributed by atoms with Gasteiger partial charge >= 0.3 is 6.18 Å². The van der Waals surface area contributed by atoms with E-state index in [1.165, 1.54) is 42.0 Å². The predicted molar refractivity (Wildman–Crippen MR) is 140 cm³/mol. The van der Waals surface area contributed by atoms with Gasteiger partial charge in [-0.3, -0.25) is 14.3 Å². The van der Waals surface area contributed by atoms with Gasteiger partial charge < -0.3 is 20.3 Å². The Morgan fingerprint density at radius 3 is 2.55 bits per heavy atom. The third-order valence-electron chi connectivity index (χ3n) is 7.04. The number of aromatic nitrogens is 5. The molecule has 4 aromatic rings. The van der Waals surface area contributed by atoms with Gasteiger partial charge in [-0.05, 0) is 44.2 Å². The molecule has 0 atom stereocenters. The first-order valence-electron chi connectivity index (χ1n) is 12.3. The van der Waals surface area contributed by atoms with Crippen LogP contribution in [0.15, 0.2) is 42.9 Å². The average molecular weight is 557 g/mol. The molecule has 11 nitrogen and oxygen atoms in total. The number of methoxy groups -OCH3 is 1. The summed E-state index contributed by atoms with van der Waals surface area (Å²) >= 11 is 0. The molecule has 1 saturated heterocycles. The number of halogens is 3. The predicted octanol–water partition coefficient (Wildman–Crippen LogP) is 3.39. The molecule has 40 heavy (non-hydrogen) atoms. The number of rotatable bonds is 5. The molecule has 5 rings (SSSR count). The molecule has 0 unspecified atom stereocenters. The van der Waals surface area contributed by atoms with E-state index in [0.717, 1.165) is 4.68 Å². The van der Waals surface area contributed by atoms with Crippen molar-refractivity contribution < 1.29 is 27.5 Å². The molecule has 210 valence electrons. The van der Waals surface area contributed by atoms with Crippen molar-refractivity contribution in [2.75, 3.05) is 30.8 Å². The molecule has 14 heteroatoms. The van der Waals surface area contributed by atoms with E-state index in [0.29, 0.717) is 40.3 Å². The van der Waals surface area contributed by atoms with Crippen LogP contribution in [0.25, 0.3) is 28.0 Å². The van der Waals surface area contributed by atoms with Crippen molar-refractivity contribution >= 4 is 28.8 Å². The number of ether oxygens (including phenoxy) is 1. The van der Waals surface area contributed by atoms with Crippen LogP contribution in [-0.4, -0.2) is 73.0 Å². The topological polar surface area (TPSA) is 124 Å². The maximum Gasteiger partial charge on any atom is 0.408 e. The van der Waals surface area contributed by atoms with Crippen molar-refractivity contribution in [1.29, 1.82) is 0 Å². The van der Waals surface area contributed by atoms with Gasteiger partial charge in [-0.1, -0.05) is 0 Å². The Balaban J connectivity index is 1.65. The lowest BCUT2D eigenvalue weighted by atomic mass is 9.96. The van der Waals surface area contributed by atoms with Crippen LogP contribution in [0.5, 0.6) is 5.75 Å². The molecule has 0 radical (unpaired) electrons. The zero-order valence-corrected chi connectivity index (χ0v) is 22.2. The zero-order chi connectivity index (χ0) is 29.0. The van der Waals surface area contributed by atoms with Crippen molar-refractivity contribution in [2.24, 2.45) is 0 Å². The number of carbonyl (C=O) groups is 2. The average Bonchev–Trinajstić information content (AvgIpc) is 3.49. The summed E-state index contributed by atoms with van der Waals surface area (Å²) in [6.07, 6.45) is -1.96. The molecule has 0 saturated carbocycles. The van der Waals surface area contributed by atoms with Gasteiger partial charge in [0, 0.05) is 37.3 Å². The first-order valence-corrected chi connectivity index (χ1v) is 12.3. The van der Waals surface area contributed by atoms with Gasteiger partial charge in [0.25, 0.3) is 5.91 Å². The van der Waals surface area contributed by atoms with Gasteiger partial charge in [0.15, 0.2) is 5.82 Å². The second kappa shape index (κ2) is 9.54. The number of benzene rings is 1. The Labute approximate surface area is 226 Å². The fourth-order valence-corrected chi connectivity index (χ4v) is 5.19. The van der Waals surface area contributed by atoms with Crippen molar-refractivity contribution in [3.8, 4) is 28.3 Å². The van der Waals surface area contributed by atoms with E-state index in [-0.39, 0.29) is 29.9 Å². The number of carbonyl (C=O) groups excluding carboxylic acids is 2. The second-order valence-corrected chi connectivity index (χ2v) is 9.91. The lowest BCUT2D eigenvalue weighted by Gasteiger charge is -2.45. The summed E-state index contributed by atoms with van der Waals surface area (Å²) in [7, 11) is 1.49. The molecular weight excluding hydrogens is 529 g/mol. The summed E-state index contributed by atoms with van der Waals surface area (Å²) in [5, 5.41) is 8.17. The minimum Gasteiger partial charge on any atom is -0.495 e. The third kappa shape index (κ3) is 4.48. The molecule has 0 bridgehead atoms. The lowest BCUT2D eigenvalue weighted by Crippen LogP contribution is -2.64. The molecule has 4 heterocycles. The number of fused-ring (bicyclic) bond motifs is 1. The molecule has 1 fully saturated rings. The van der Waals surface area contributed by atoms with Crippen LogP contribution >= 0.6 is 0 Å². The van der Waals surface area contributed by atoms with Crippen molar-refractivity contribution in [3.05, 3.63) is 42.9 Å². The maximum atomic E-state index is 13.6. The van der Waals surface area contributed by atoms with Crippen LogP contribution in [0.4, 0.5) is 24.7 Å². The highest BCUT2D eigenvalue weighted by molar-refractivity contribution is 6.04. The van der Waals surface area contributed by atoms with Gasteiger partial charge in [-0.25, -0.2) is 9.50 Å². The summed E-state index contributed by atoms with van der Waals surface area (Å²) < 4.78 is 47.6. The number of piperazine rings is 1. The fraction of sp³-hybridized carbons (Fsp3) is 0.346. The minimum atomic E-state index is -4.49. The Morgan fingerprint density at radius 1 is 1.12 bits per heavy atom. The van der Waals surface area contributed by atoms with Gasteiger partial charge in [0.2, 0.25) is 5.91 Å². The summed E-state index contributed by atoms with van der Waals surface area (Å²) in [5.41, 5.74) is 7.52. The Kier molecular flexibility index (Phi) is 6.43. The number of amides is 2. The summed E-state index contributed by atoms with van der Waals surface area (Å²) in [6, 6.07) is 8.31. The van der Waals surface area contributed by atoms with E-state index < -0.39 is 18.3 Å². The van der Waals surface area contributed by atoms with E-state index in [9.17, 15) is 22.8 Å². The monoisotopic (exact) mass is 556 g/mol. The number of alkyl halides is 3. The third-order valence-corrected chi connectivity index (χ3v) is 7.04. The summed E-state index contributed by atoms with van der Waals surface area (Å²) in [5.74, 6) is 0.0188. The summed E-state index contributed by atoms with van der Waals surface area (Å²) in [6.45, 7) is 4.09. The molecule has 1 aliphatic rings. The van der Waals surface area contributed by atoms with Gasteiger partial charge in [0.05, 0.1) is 24.2 Å². The Hall–Kier alpha value is -4.62. The van der Waals surface area contributed by atoms with Crippen LogP contribution in [0.1, 0.15) is 20.8 Å². The first-order chi connectivity index (χ1) is 18.8. The van der Waals surface area contributed by atoms with Gasteiger partial charge in [-0.15, -0.1) is 0 Å². The highest BCUT2D eigenvalue weighted by Gasteiger charge is 2.44. The number of nitrogens with zero attached hydrogens (tertiary/aromatic N) is 7. The first kappa shape index (κ1) is 27.0. The highest BCUT2D eigenvalue weighted by Crippen LogP contribution is 2.40. The smallest absolute Gasteiger partial charge is 0.408 e. The van der Waals surface area contributed by atoms with Crippen LogP contribution < -0.4 is 15.4 Å². The number of hydrogen-bond donors (Lipinski definition) is 1. The van der Waals surface area contributed by atoms with Gasteiger partial charge in [0.1, 0.15) is 29.7 Å². The molecule has 0 aliphatic carbocycles. The van der Waals surface area contributed by atoms with Crippen molar-refractivity contribution in [3.63, 3.8) is 0 Å². The van der Waals surface area contributed by atoms with Crippen molar-refractivity contribution in [1.82, 2.24) is 29.3 Å². The summed E-state index contributed by atoms with van der Waals surface area (Å²) in [4.78, 5) is 32.9. The van der Waals surface area contributed by atoms with Crippen LogP contribution in [0, 0.1) is 0 Å². The molecule has 2 amide bonds. The standard InChI is InChI=1S/C26H27F3N8O3/c1-15(38)35-10-9-34(24(39)25(35,2)3)20-11-16(5-6-21(20)40-4)19-12-17(22-23(30)31-14-33-37(19)22)18-7-8-32-36(18)13-26(27,28)29/h5-8,11-12,14H,9-10,13H2,1-4H3,(H2,30,31,33). The Bertz CT molecular complexity index is 1630. The number of nitrogen functional groups attached to an aromatic ring is 1. The minimum absolute atomic E-state index is 0.0713. The number of hydrogen-bond acceptors (Lipinski definition) is 7. The zero-order valence-electron chi connectivity index (χ0n) is 22.2. The lowest BCUT2D eigenvalue weighted by molar-refractivity contribution is -0.145. The van der Waals surface area contributed by atoms with Crippen molar-refractivity contribution in [2.45, 2.75) is 39.0 Å². The van der Waals surface area contributed by atoms with Crippen LogP contribution in [0.2, 0.25) is 0 Å². The SMILES string of the molecule is COc1ccc(-c2cc(-c3ccnn3CC(F)(F)F)c3c(N)ncnn23)cc1N1CCN(C(C)=O)C(C)(C)C1=O. The quantitative estimate of drug-likeness (QED) is 0.400. The molecule has 3 aromatic heterocycles. The van der Waals surface area contributed by atoms with E-state index in [2.05, 4.69) is 15.2 Å². The largest absolute Gasteiger partial charge is 0.495 e. The van der Waals surface area contributed by atoms with E-state index >= 15 is 0 Å². The second-order valence-electron chi connectivity index (χ2n) is 9.91. The van der Waals surface area contributed by atoms with E-state index in [1.807, 2.05) is 0 Å². The van der Waals surface area contributed by atoms with Gasteiger partial charge in [-0.2, -0.15) is 23.4 Å². The van der Waals surface area contributed by atoms with E-state index in [4.69, 9.17) is 10.5 Å². The molecule has 1 aliphatic heterocycles. The molecule has 1 aromatic carbocycles. The van der Waals surface area contributed by atoms with Crippen LogP contribution in [-0.2, 0) is 16.1 Å². The fourth-order valence-electron chi connectivity index (χ4n) is 5.19. The number of nitrogens with two attached hydrogens (primary N) is 1. The van der Waals surface area contributed by atoms with E-state index in [1.54, 1.807) is 43.0 Å². The maximum absolute atomic E-state index is 13.6. The number of anilines is 2. The Morgan fingerprint density at radius 2 is 1.88 bits per heavy atom. The van der Waals surface area contributed by atoms with Crippen LogP contribution in [0.3, 0.4) is 0 Å². The molecule has 2 N–H and O–H groups in total. The normalized spacial score (nSPS) is 15.6. The molecule has 0 spiro atoms. The molecular formula is C26H27F3N8O3. The highest BCUT2D eigenvalue weighted by atomic mass is 19.4.